The highest BCUT2D eigenvalue weighted by molar-refractivity contribution is 5.94. The fourth-order valence-corrected chi connectivity index (χ4v) is 2.12. The van der Waals surface area contributed by atoms with Crippen LogP contribution in [0, 0.1) is 5.92 Å². The highest BCUT2D eigenvalue weighted by Crippen LogP contribution is 2.11. The molecule has 0 bridgehead atoms. The van der Waals surface area contributed by atoms with E-state index in [9.17, 15) is 9.59 Å². The van der Waals surface area contributed by atoms with E-state index >= 15 is 0 Å². The summed E-state index contributed by atoms with van der Waals surface area (Å²) >= 11 is 0. The van der Waals surface area contributed by atoms with Crippen LogP contribution in [0.5, 0.6) is 0 Å². The number of rotatable bonds is 2. The Bertz CT molecular complexity index is 495. The number of amides is 1. The zero-order valence-electron chi connectivity index (χ0n) is 10.8. The number of piperidine rings is 1. The smallest absolute Gasteiger partial charge is 0.251 e. The van der Waals surface area contributed by atoms with Gasteiger partial charge in [-0.15, -0.1) is 0 Å². The molecule has 5 heteroatoms. The van der Waals surface area contributed by atoms with E-state index < -0.39 is 0 Å². The molecule has 0 spiro atoms. The summed E-state index contributed by atoms with van der Waals surface area (Å²) in [5, 5.41) is 6.24. The molecule has 0 aromatic carbocycles. The first-order chi connectivity index (χ1) is 8.58. The van der Waals surface area contributed by atoms with E-state index in [1.54, 1.807) is 19.3 Å². The molecule has 0 saturated carbocycles. The van der Waals surface area contributed by atoms with Crippen LogP contribution in [0.25, 0.3) is 0 Å². The molecule has 2 unspecified atom stereocenters. The van der Waals surface area contributed by atoms with Gasteiger partial charge in [-0.2, -0.15) is 0 Å². The number of hydrogen-bond donors (Lipinski definition) is 2. The molecule has 1 aliphatic rings. The van der Waals surface area contributed by atoms with Crippen LogP contribution in [0.15, 0.2) is 23.1 Å². The van der Waals surface area contributed by atoms with Crippen LogP contribution in [0.3, 0.4) is 0 Å². The van der Waals surface area contributed by atoms with Crippen molar-refractivity contribution < 1.29 is 4.79 Å². The van der Waals surface area contributed by atoms with Gasteiger partial charge in [-0.25, -0.2) is 0 Å². The third-order valence-electron chi connectivity index (χ3n) is 3.51. The molecular weight excluding hydrogens is 230 g/mol. The second kappa shape index (κ2) is 5.35. The van der Waals surface area contributed by atoms with Gasteiger partial charge in [0, 0.05) is 37.5 Å². The van der Waals surface area contributed by atoms with Crippen molar-refractivity contribution in [2.75, 3.05) is 13.1 Å². The number of nitrogens with one attached hydrogen (secondary N) is 2. The lowest BCUT2D eigenvalue weighted by molar-refractivity contribution is 0.0915. The molecule has 1 aromatic rings. The predicted molar refractivity (Wildman–Crippen MR) is 69.6 cm³/mol. The molecule has 0 aliphatic carbocycles. The van der Waals surface area contributed by atoms with Gasteiger partial charge in [0.15, 0.2) is 0 Å². The predicted octanol–water partition coefficient (Wildman–Crippen LogP) is 0.113. The molecule has 18 heavy (non-hydrogen) atoms. The van der Waals surface area contributed by atoms with Gasteiger partial charge in [-0.05, 0) is 24.9 Å². The third-order valence-corrected chi connectivity index (χ3v) is 3.51. The van der Waals surface area contributed by atoms with Gasteiger partial charge < -0.3 is 15.2 Å². The minimum Gasteiger partial charge on any atom is -0.348 e. The van der Waals surface area contributed by atoms with E-state index in [0.717, 1.165) is 19.5 Å². The molecule has 1 aromatic heterocycles. The number of pyridine rings is 1. The Labute approximate surface area is 106 Å². The summed E-state index contributed by atoms with van der Waals surface area (Å²) in [5.74, 6) is 0.287. The monoisotopic (exact) mass is 249 g/mol. The van der Waals surface area contributed by atoms with Crippen LogP contribution in [0.4, 0.5) is 0 Å². The number of aromatic nitrogens is 1. The van der Waals surface area contributed by atoms with Crippen LogP contribution >= 0.6 is 0 Å². The molecule has 2 heterocycles. The summed E-state index contributed by atoms with van der Waals surface area (Å²) in [6.45, 7) is 3.92. The lowest BCUT2D eigenvalue weighted by Crippen LogP contribution is -2.50. The molecule has 0 radical (unpaired) electrons. The van der Waals surface area contributed by atoms with E-state index in [1.807, 2.05) is 0 Å². The first kappa shape index (κ1) is 12.8. The molecule has 1 fully saturated rings. The summed E-state index contributed by atoms with van der Waals surface area (Å²) in [4.78, 5) is 23.5. The Morgan fingerprint density at radius 2 is 2.33 bits per heavy atom. The van der Waals surface area contributed by atoms with Crippen molar-refractivity contribution in [3.63, 3.8) is 0 Å². The second-order valence-electron chi connectivity index (χ2n) is 4.91. The molecular formula is C13H19N3O2. The van der Waals surface area contributed by atoms with Gasteiger partial charge in [0.25, 0.3) is 11.5 Å². The number of hydrogen-bond acceptors (Lipinski definition) is 3. The van der Waals surface area contributed by atoms with E-state index in [2.05, 4.69) is 17.6 Å². The normalized spacial score (nSPS) is 23.7. The molecule has 5 nitrogen and oxygen atoms in total. The van der Waals surface area contributed by atoms with Crippen LogP contribution < -0.4 is 16.2 Å². The van der Waals surface area contributed by atoms with E-state index in [1.165, 1.54) is 10.6 Å². The summed E-state index contributed by atoms with van der Waals surface area (Å²) in [6.07, 6.45) is 2.67. The zero-order chi connectivity index (χ0) is 13.1. The summed E-state index contributed by atoms with van der Waals surface area (Å²) in [7, 11) is 1.66. The second-order valence-corrected chi connectivity index (χ2v) is 4.91. The summed E-state index contributed by atoms with van der Waals surface area (Å²) in [6, 6.07) is 3.17. The Kier molecular flexibility index (Phi) is 3.81. The van der Waals surface area contributed by atoms with E-state index in [0.29, 0.717) is 11.5 Å². The van der Waals surface area contributed by atoms with Crippen LogP contribution in [-0.4, -0.2) is 29.6 Å². The highest BCUT2D eigenvalue weighted by atomic mass is 16.2. The molecule has 1 amide bonds. The number of carbonyl (C=O) groups is 1. The van der Waals surface area contributed by atoms with Crippen molar-refractivity contribution in [3.05, 3.63) is 34.2 Å². The van der Waals surface area contributed by atoms with Gasteiger partial charge in [0.05, 0.1) is 0 Å². The maximum Gasteiger partial charge on any atom is 0.251 e. The standard InChI is InChI=1S/C13H19N3O2/c1-9-3-5-14-8-11(9)15-13(18)10-4-6-16(2)12(17)7-10/h4,6-7,9,11,14H,3,5,8H2,1-2H3,(H,15,18). The van der Waals surface area contributed by atoms with Gasteiger partial charge in [0.2, 0.25) is 0 Å². The van der Waals surface area contributed by atoms with Crippen LogP contribution in [0.1, 0.15) is 23.7 Å². The topological polar surface area (TPSA) is 63.1 Å². The minimum atomic E-state index is -0.173. The maximum absolute atomic E-state index is 12.0. The molecule has 2 rings (SSSR count). The molecule has 2 N–H and O–H groups in total. The van der Waals surface area contributed by atoms with Gasteiger partial charge >= 0.3 is 0 Å². The Balaban J connectivity index is 2.07. The fraction of sp³-hybridized carbons (Fsp3) is 0.538. The fourth-order valence-electron chi connectivity index (χ4n) is 2.12. The Morgan fingerprint density at radius 3 is 3.00 bits per heavy atom. The average molecular weight is 249 g/mol. The zero-order valence-corrected chi connectivity index (χ0v) is 10.8. The van der Waals surface area contributed by atoms with Crippen molar-refractivity contribution in [2.45, 2.75) is 19.4 Å². The van der Waals surface area contributed by atoms with Crippen molar-refractivity contribution in [1.29, 1.82) is 0 Å². The van der Waals surface area contributed by atoms with E-state index in [-0.39, 0.29) is 17.5 Å². The lowest BCUT2D eigenvalue weighted by atomic mass is 9.94. The van der Waals surface area contributed by atoms with Gasteiger partial charge in [-0.3, -0.25) is 9.59 Å². The largest absolute Gasteiger partial charge is 0.348 e. The van der Waals surface area contributed by atoms with Crippen LogP contribution in [-0.2, 0) is 7.05 Å². The Morgan fingerprint density at radius 1 is 1.56 bits per heavy atom. The number of carbonyl (C=O) groups excluding carboxylic acids is 1. The van der Waals surface area contributed by atoms with Crippen molar-refractivity contribution in [3.8, 4) is 0 Å². The molecule has 2 atom stereocenters. The van der Waals surface area contributed by atoms with Gasteiger partial charge in [-0.1, -0.05) is 6.92 Å². The number of aryl methyl sites for hydroxylation is 1. The first-order valence-corrected chi connectivity index (χ1v) is 6.26. The van der Waals surface area contributed by atoms with E-state index in [4.69, 9.17) is 0 Å². The SMILES string of the molecule is CC1CCNCC1NC(=O)c1ccn(C)c(=O)c1. The maximum atomic E-state index is 12.0. The number of nitrogens with zero attached hydrogens (tertiary/aromatic N) is 1. The van der Waals surface area contributed by atoms with Crippen molar-refractivity contribution >= 4 is 5.91 Å². The minimum absolute atomic E-state index is 0.135. The summed E-state index contributed by atoms with van der Waals surface area (Å²) < 4.78 is 1.45. The highest BCUT2D eigenvalue weighted by Gasteiger charge is 2.23. The van der Waals surface area contributed by atoms with Crippen molar-refractivity contribution in [1.82, 2.24) is 15.2 Å². The summed E-state index contributed by atoms with van der Waals surface area (Å²) in [5.41, 5.74) is 0.258. The first-order valence-electron chi connectivity index (χ1n) is 6.26. The van der Waals surface area contributed by atoms with Crippen molar-refractivity contribution in [2.24, 2.45) is 13.0 Å². The van der Waals surface area contributed by atoms with Crippen LogP contribution in [0.2, 0.25) is 0 Å². The Hall–Kier alpha value is -1.62. The molecule has 98 valence electrons. The lowest BCUT2D eigenvalue weighted by Gasteiger charge is -2.30. The third kappa shape index (κ3) is 2.79. The average Bonchev–Trinajstić information content (AvgIpc) is 2.35. The van der Waals surface area contributed by atoms with Gasteiger partial charge in [0.1, 0.15) is 0 Å². The molecule has 1 saturated heterocycles. The quantitative estimate of drug-likeness (QED) is 0.782. The molecule has 1 aliphatic heterocycles.